The van der Waals surface area contributed by atoms with Gasteiger partial charge in [-0.3, -0.25) is 14.4 Å². The Bertz CT molecular complexity index is 1000. The Morgan fingerprint density at radius 2 is 1.81 bits per heavy atom. The average Bonchev–Trinajstić information content (AvgIpc) is 3.51. The van der Waals surface area contributed by atoms with E-state index in [1.165, 1.54) is 17.0 Å². The lowest BCUT2D eigenvalue weighted by molar-refractivity contribution is -0.144. The molecule has 2 aliphatic carbocycles. The van der Waals surface area contributed by atoms with Gasteiger partial charge in [0, 0.05) is 12.1 Å². The second kappa shape index (κ2) is 11.8. The van der Waals surface area contributed by atoms with Gasteiger partial charge in [0.1, 0.15) is 23.4 Å². The highest BCUT2D eigenvalue weighted by molar-refractivity contribution is 5.95. The quantitative estimate of drug-likeness (QED) is 0.396. The van der Waals surface area contributed by atoms with Crippen molar-refractivity contribution in [3.63, 3.8) is 0 Å². The van der Waals surface area contributed by atoms with E-state index in [1.54, 1.807) is 32.9 Å². The van der Waals surface area contributed by atoms with Crippen LogP contribution in [-0.4, -0.2) is 57.5 Å². The summed E-state index contributed by atoms with van der Waals surface area (Å²) in [6.45, 7) is 7.02. The highest BCUT2D eigenvalue weighted by Gasteiger charge is 2.48. The number of aromatic hydroxyl groups is 1. The Morgan fingerprint density at radius 3 is 2.35 bits per heavy atom. The maximum absolute atomic E-state index is 14.0. The third kappa shape index (κ3) is 8.10. The van der Waals surface area contributed by atoms with E-state index >= 15 is 0 Å². The van der Waals surface area contributed by atoms with E-state index in [2.05, 4.69) is 10.6 Å². The summed E-state index contributed by atoms with van der Waals surface area (Å²) < 4.78 is 5.30. The number of benzene rings is 1. The van der Waals surface area contributed by atoms with Crippen molar-refractivity contribution in [3.05, 3.63) is 29.8 Å². The number of carbonyl (C=O) groups is 4. The summed E-state index contributed by atoms with van der Waals surface area (Å²) in [4.78, 5) is 53.6. The van der Waals surface area contributed by atoms with Crippen LogP contribution in [0.4, 0.5) is 4.79 Å². The minimum atomic E-state index is -1.32. The molecule has 4 unspecified atom stereocenters. The summed E-state index contributed by atoms with van der Waals surface area (Å²) in [7, 11) is 0. The molecule has 3 rings (SSSR count). The first-order valence-corrected chi connectivity index (χ1v) is 13.0. The van der Waals surface area contributed by atoms with Crippen LogP contribution >= 0.6 is 0 Å². The normalized spacial score (nSPS) is 21.3. The van der Waals surface area contributed by atoms with Gasteiger partial charge >= 0.3 is 6.09 Å². The van der Waals surface area contributed by atoms with Gasteiger partial charge in [0.05, 0.1) is 6.42 Å². The molecule has 0 saturated heterocycles. The fraction of sp³-hybridized carbons (Fsp3) is 0.630. The number of phenols is 1. The number of primary amides is 1. The maximum Gasteiger partial charge on any atom is 0.408 e. The minimum Gasteiger partial charge on any atom is -0.508 e. The van der Waals surface area contributed by atoms with Crippen molar-refractivity contribution in [3.8, 4) is 5.75 Å². The van der Waals surface area contributed by atoms with Gasteiger partial charge in [-0.1, -0.05) is 38.3 Å². The lowest BCUT2D eigenvalue weighted by atomic mass is 9.94. The largest absolute Gasteiger partial charge is 0.508 e. The van der Waals surface area contributed by atoms with Crippen LogP contribution in [0.5, 0.6) is 5.75 Å². The molecule has 10 heteroatoms. The van der Waals surface area contributed by atoms with Crippen molar-refractivity contribution >= 4 is 23.8 Å². The number of amides is 4. The third-order valence-electron chi connectivity index (χ3n) is 6.74. The summed E-state index contributed by atoms with van der Waals surface area (Å²) in [5, 5.41) is 15.8. The van der Waals surface area contributed by atoms with Gasteiger partial charge < -0.3 is 31.1 Å². The molecule has 204 valence electrons. The fourth-order valence-corrected chi connectivity index (χ4v) is 4.86. The topological polar surface area (TPSA) is 151 Å². The molecule has 2 aliphatic rings. The number of nitrogens with zero attached hydrogens (tertiary/aromatic N) is 1. The van der Waals surface area contributed by atoms with Gasteiger partial charge in [0.15, 0.2) is 0 Å². The Hall–Kier alpha value is -3.30. The van der Waals surface area contributed by atoms with E-state index in [0.29, 0.717) is 12.0 Å². The minimum absolute atomic E-state index is 0.00376. The molecule has 10 nitrogen and oxygen atoms in total. The van der Waals surface area contributed by atoms with E-state index in [0.717, 1.165) is 32.1 Å². The molecule has 0 bridgehead atoms. The number of carbonyl (C=O) groups excluding carboxylic acids is 4. The van der Waals surface area contributed by atoms with Crippen LogP contribution in [0, 0.1) is 5.92 Å². The number of alkyl carbamates (subject to hydrolysis) is 1. The molecule has 4 amide bonds. The Kier molecular flexibility index (Phi) is 9.04. The number of hydrogen-bond donors (Lipinski definition) is 4. The van der Waals surface area contributed by atoms with Crippen LogP contribution in [0.25, 0.3) is 0 Å². The first-order valence-electron chi connectivity index (χ1n) is 13.0. The molecule has 4 atom stereocenters. The molecule has 2 fully saturated rings. The number of ether oxygens (including phenoxy) is 1. The van der Waals surface area contributed by atoms with Gasteiger partial charge in [0.25, 0.3) is 0 Å². The predicted molar refractivity (Wildman–Crippen MR) is 137 cm³/mol. The first-order chi connectivity index (χ1) is 17.4. The lowest BCUT2D eigenvalue weighted by Crippen LogP contribution is -2.55. The zero-order valence-corrected chi connectivity index (χ0v) is 22.2. The van der Waals surface area contributed by atoms with Crippen molar-refractivity contribution in [2.75, 3.05) is 0 Å². The van der Waals surface area contributed by atoms with Gasteiger partial charge in [-0.05, 0) is 63.6 Å². The third-order valence-corrected chi connectivity index (χ3v) is 6.74. The Morgan fingerprint density at radius 1 is 1.16 bits per heavy atom. The number of nitrogens with one attached hydrogen (secondary N) is 2. The second-order valence-corrected chi connectivity index (χ2v) is 11.2. The van der Waals surface area contributed by atoms with Gasteiger partial charge in [-0.15, -0.1) is 0 Å². The van der Waals surface area contributed by atoms with Crippen molar-refractivity contribution in [2.45, 2.75) is 102 Å². The molecule has 5 N–H and O–H groups in total. The maximum atomic E-state index is 14.0. The van der Waals surface area contributed by atoms with Crippen LogP contribution in [0.3, 0.4) is 0 Å². The summed E-state index contributed by atoms with van der Waals surface area (Å²) in [5.41, 5.74) is 5.05. The molecule has 0 radical (unpaired) electrons. The van der Waals surface area contributed by atoms with Crippen molar-refractivity contribution in [2.24, 2.45) is 11.7 Å². The Labute approximate surface area is 218 Å². The first kappa shape index (κ1) is 28.3. The van der Waals surface area contributed by atoms with E-state index in [9.17, 15) is 24.3 Å². The van der Waals surface area contributed by atoms with Gasteiger partial charge in [0.2, 0.25) is 17.7 Å². The summed E-state index contributed by atoms with van der Waals surface area (Å²) in [6.07, 6.45) is 4.22. The molecule has 0 heterocycles. The molecular weight excluding hydrogens is 476 g/mol. The molecular formula is C27H40N4O6. The summed E-state index contributed by atoms with van der Waals surface area (Å²) in [6, 6.07) is 3.58. The number of nitrogens with two attached hydrogens (primary N) is 1. The van der Waals surface area contributed by atoms with Crippen LogP contribution in [0.1, 0.15) is 84.2 Å². The molecule has 0 spiro atoms. The molecule has 1 aromatic carbocycles. The number of phenolic OH excluding ortho intramolecular Hbond substituents is 1. The van der Waals surface area contributed by atoms with Crippen molar-refractivity contribution in [1.82, 2.24) is 15.5 Å². The van der Waals surface area contributed by atoms with E-state index in [1.807, 2.05) is 6.92 Å². The highest BCUT2D eigenvalue weighted by Crippen LogP contribution is 2.41. The van der Waals surface area contributed by atoms with E-state index < -0.39 is 42.0 Å². The summed E-state index contributed by atoms with van der Waals surface area (Å²) in [5.74, 6) is -1.67. The second-order valence-electron chi connectivity index (χ2n) is 11.2. The van der Waals surface area contributed by atoms with Crippen molar-refractivity contribution in [1.29, 1.82) is 0 Å². The Balaban J connectivity index is 1.97. The average molecular weight is 517 g/mol. The summed E-state index contributed by atoms with van der Waals surface area (Å²) >= 11 is 0. The monoisotopic (exact) mass is 516 g/mol. The van der Waals surface area contributed by atoms with Gasteiger partial charge in [-0.25, -0.2) is 4.79 Å². The standard InChI is InChI=1S/C27H40N4O6/c1-16-13-21(16)31(25(35)20(15-22(28)33)30-26(36)37-27(2,3)4)23(17-9-8-12-19(32)14-17)24(34)29-18-10-6-5-7-11-18/h8-9,12,14,16,18,20-21,23,32H,5-7,10-11,13,15H2,1-4H3,(H2,28,33)(H,29,34)(H,30,36). The van der Waals surface area contributed by atoms with Crippen LogP contribution < -0.4 is 16.4 Å². The van der Waals surface area contributed by atoms with Crippen LogP contribution in [0.2, 0.25) is 0 Å². The lowest BCUT2D eigenvalue weighted by Gasteiger charge is -2.36. The molecule has 0 aromatic heterocycles. The highest BCUT2D eigenvalue weighted by atomic mass is 16.6. The van der Waals surface area contributed by atoms with Crippen molar-refractivity contribution < 1.29 is 29.0 Å². The van der Waals surface area contributed by atoms with Crippen LogP contribution in [0.15, 0.2) is 24.3 Å². The van der Waals surface area contributed by atoms with Gasteiger partial charge in [-0.2, -0.15) is 0 Å². The van der Waals surface area contributed by atoms with Crippen LogP contribution in [-0.2, 0) is 19.1 Å². The molecule has 0 aliphatic heterocycles. The molecule has 1 aromatic rings. The zero-order chi connectivity index (χ0) is 27.3. The molecule has 2 saturated carbocycles. The SMILES string of the molecule is CC1CC1N(C(=O)C(CC(N)=O)NC(=O)OC(C)(C)C)C(C(=O)NC1CCCCC1)c1cccc(O)c1. The molecule has 37 heavy (non-hydrogen) atoms. The predicted octanol–water partition coefficient (Wildman–Crippen LogP) is 2.89. The number of rotatable bonds is 9. The van der Waals surface area contributed by atoms with E-state index in [4.69, 9.17) is 10.5 Å². The van der Waals surface area contributed by atoms with E-state index in [-0.39, 0.29) is 29.7 Å². The smallest absolute Gasteiger partial charge is 0.408 e. The number of hydrogen-bond acceptors (Lipinski definition) is 6. The fourth-order valence-electron chi connectivity index (χ4n) is 4.86. The zero-order valence-electron chi connectivity index (χ0n) is 22.2.